The first-order valence-corrected chi connectivity index (χ1v) is 12.8. The lowest BCUT2D eigenvalue weighted by atomic mass is 10.1. The fourth-order valence-corrected chi connectivity index (χ4v) is 5.37. The van der Waals surface area contributed by atoms with Crippen LogP contribution in [0, 0.1) is 0 Å². The summed E-state index contributed by atoms with van der Waals surface area (Å²) in [5.74, 6) is 0.00561. The van der Waals surface area contributed by atoms with E-state index >= 15 is 0 Å². The van der Waals surface area contributed by atoms with Gasteiger partial charge in [-0.05, 0) is 44.7 Å². The van der Waals surface area contributed by atoms with Crippen LogP contribution in [0.5, 0.6) is 5.88 Å². The molecule has 0 spiro atoms. The minimum atomic E-state index is -3.34. The van der Waals surface area contributed by atoms with Crippen molar-refractivity contribution in [2.45, 2.75) is 61.4 Å². The summed E-state index contributed by atoms with van der Waals surface area (Å²) in [7, 11) is -1.68. The molecule has 2 aliphatic carbocycles. The highest BCUT2D eigenvalue weighted by Crippen LogP contribution is 2.33. The molecule has 2 saturated carbocycles. The van der Waals surface area contributed by atoms with Crippen molar-refractivity contribution in [3.63, 3.8) is 0 Å². The van der Waals surface area contributed by atoms with Gasteiger partial charge in [-0.1, -0.05) is 17.3 Å². The summed E-state index contributed by atoms with van der Waals surface area (Å²) in [6.45, 7) is 2.28. The van der Waals surface area contributed by atoms with Gasteiger partial charge in [0, 0.05) is 19.1 Å². The van der Waals surface area contributed by atoms with E-state index in [4.69, 9.17) is 14.3 Å². The van der Waals surface area contributed by atoms with Crippen molar-refractivity contribution in [3.05, 3.63) is 42.2 Å². The van der Waals surface area contributed by atoms with Crippen molar-refractivity contribution in [2.24, 2.45) is 5.16 Å². The number of ether oxygens (including phenoxy) is 2. The molecular weight excluding hydrogens is 460 g/mol. The minimum Gasteiger partial charge on any atom is -0.477 e. The van der Waals surface area contributed by atoms with Crippen molar-refractivity contribution in [1.82, 2.24) is 9.97 Å². The highest BCUT2D eigenvalue weighted by Gasteiger charge is 2.37. The number of nitrogens with one attached hydrogen (secondary N) is 1. The van der Waals surface area contributed by atoms with Gasteiger partial charge in [0.25, 0.3) is 5.91 Å². The number of anilines is 1. The van der Waals surface area contributed by atoms with E-state index in [1.54, 1.807) is 19.2 Å². The first-order chi connectivity index (χ1) is 16.4. The van der Waals surface area contributed by atoms with Crippen LogP contribution >= 0.6 is 0 Å². The number of aromatic nitrogens is 2. The Bertz CT molecular complexity index is 1130. The molecule has 4 rings (SSSR count). The monoisotopic (exact) mass is 488 g/mol. The zero-order valence-corrected chi connectivity index (χ0v) is 20.0. The molecule has 0 aliphatic heterocycles. The maximum absolute atomic E-state index is 13.1. The number of hydrogen-bond acceptors (Lipinski definition) is 9. The summed E-state index contributed by atoms with van der Waals surface area (Å²) >= 11 is 0. The average Bonchev–Trinajstić information content (AvgIpc) is 3.61. The fraction of sp³-hybridized carbons (Fsp3) is 0.478. The molecule has 0 unspecified atom stereocenters. The third kappa shape index (κ3) is 5.71. The molecule has 10 nitrogen and oxygen atoms in total. The summed E-state index contributed by atoms with van der Waals surface area (Å²) in [6.07, 6.45) is 6.38. The van der Waals surface area contributed by atoms with E-state index in [-0.39, 0.29) is 33.9 Å². The number of rotatable bonds is 10. The lowest BCUT2D eigenvalue weighted by Crippen LogP contribution is -2.25. The van der Waals surface area contributed by atoms with Crippen molar-refractivity contribution in [2.75, 3.05) is 19.0 Å². The molecule has 2 fully saturated rings. The van der Waals surface area contributed by atoms with Crippen LogP contribution in [-0.2, 0) is 24.2 Å². The zero-order chi connectivity index (χ0) is 24.1. The Morgan fingerprint density at radius 2 is 1.82 bits per heavy atom. The van der Waals surface area contributed by atoms with Gasteiger partial charge in [-0.25, -0.2) is 18.4 Å². The highest BCUT2D eigenvalue weighted by molar-refractivity contribution is 7.92. The van der Waals surface area contributed by atoms with Gasteiger partial charge in [-0.15, -0.1) is 0 Å². The molecule has 0 saturated heterocycles. The molecule has 1 aromatic heterocycles. The Balaban J connectivity index is 1.54. The lowest BCUT2D eigenvalue weighted by Gasteiger charge is -2.12. The normalized spacial score (nSPS) is 20.7. The van der Waals surface area contributed by atoms with E-state index < -0.39 is 15.7 Å². The van der Waals surface area contributed by atoms with Gasteiger partial charge in [-0.3, -0.25) is 4.79 Å². The Hall–Kier alpha value is -3.05. The molecular formula is C23H28N4O6S. The van der Waals surface area contributed by atoms with E-state index in [2.05, 4.69) is 20.4 Å². The summed E-state index contributed by atoms with van der Waals surface area (Å²) in [5, 5.41) is 6.50. The average molecular weight is 489 g/mol. The number of carbonyl (C=O) groups is 1. The number of oxime groups is 1. The summed E-state index contributed by atoms with van der Waals surface area (Å²) < 4.78 is 35.7. The van der Waals surface area contributed by atoms with Crippen LogP contribution < -0.4 is 10.1 Å². The molecule has 11 heteroatoms. The predicted molar refractivity (Wildman–Crippen MR) is 125 cm³/mol. The van der Waals surface area contributed by atoms with E-state index in [1.807, 2.05) is 6.92 Å². The number of carbonyl (C=O) groups excluding carboxylic acids is 1. The van der Waals surface area contributed by atoms with E-state index in [9.17, 15) is 13.2 Å². The van der Waals surface area contributed by atoms with Gasteiger partial charge in [0.05, 0.1) is 35.2 Å². The number of methoxy groups -OCH3 is 1. The third-order valence-corrected chi connectivity index (χ3v) is 8.04. The number of hydrogen-bond donors (Lipinski definition) is 1. The molecule has 2 aromatic rings. The minimum absolute atomic E-state index is 0.00641. The largest absolute Gasteiger partial charge is 0.477 e. The Labute approximate surface area is 198 Å². The molecule has 1 aromatic carbocycles. The van der Waals surface area contributed by atoms with Crippen LogP contribution in [0.3, 0.4) is 0 Å². The van der Waals surface area contributed by atoms with Gasteiger partial charge < -0.3 is 19.6 Å². The van der Waals surface area contributed by atoms with Crippen LogP contribution in [0.1, 0.15) is 44.6 Å². The summed E-state index contributed by atoms with van der Waals surface area (Å²) in [5.41, 5.74) is 0.430. The molecule has 0 radical (unpaired) electrons. The first kappa shape index (κ1) is 24.1. The van der Waals surface area contributed by atoms with Gasteiger partial charge in [-0.2, -0.15) is 0 Å². The molecule has 1 heterocycles. The summed E-state index contributed by atoms with van der Waals surface area (Å²) in [6, 6.07) is 6.12. The first-order valence-electron chi connectivity index (χ1n) is 11.3. The maximum atomic E-state index is 13.1. The van der Waals surface area contributed by atoms with Crippen LogP contribution in [0.2, 0.25) is 0 Å². The van der Waals surface area contributed by atoms with Crippen LogP contribution in [0.15, 0.2) is 46.7 Å². The Morgan fingerprint density at radius 1 is 1.09 bits per heavy atom. The topological polar surface area (TPSA) is 129 Å². The van der Waals surface area contributed by atoms with E-state index in [0.29, 0.717) is 37.3 Å². The van der Waals surface area contributed by atoms with Crippen molar-refractivity contribution < 1.29 is 27.5 Å². The zero-order valence-electron chi connectivity index (χ0n) is 19.1. The fourth-order valence-electron chi connectivity index (χ4n) is 3.71. The van der Waals surface area contributed by atoms with Gasteiger partial charge in [0.1, 0.15) is 6.10 Å². The number of sulfone groups is 1. The molecule has 0 bridgehead atoms. The van der Waals surface area contributed by atoms with Crippen LogP contribution in [0.4, 0.5) is 5.82 Å². The highest BCUT2D eigenvalue weighted by atomic mass is 32.2. The van der Waals surface area contributed by atoms with Crippen molar-refractivity contribution in [1.29, 1.82) is 0 Å². The second-order valence-electron chi connectivity index (χ2n) is 8.23. The van der Waals surface area contributed by atoms with Gasteiger partial charge >= 0.3 is 0 Å². The Kier molecular flexibility index (Phi) is 7.42. The molecule has 2 atom stereocenters. The molecule has 182 valence electrons. The van der Waals surface area contributed by atoms with Crippen LogP contribution in [-0.4, -0.2) is 61.2 Å². The van der Waals surface area contributed by atoms with E-state index in [0.717, 1.165) is 12.8 Å². The smallest absolute Gasteiger partial charge is 0.279 e. The molecule has 2 aliphatic rings. The quantitative estimate of drug-likeness (QED) is 0.399. The third-order valence-electron chi connectivity index (χ3n) is 5.76. The standard InChI is InChI=1S/C23H28N4O6S/c1-3-32-21-14-24-20(13-25-21)26-23(28)22(27-33-17-7-6-16(12-17)31-2)15-4-8-18(9-5-15)34(29,30)19-10-11-19/h4-5,8-9,13-14,16-17,19H,3,6-7,10-12H2,1-2H3,(H,24,26,28)/t16-,17-/m1/s1. The number of nitrogens with zero attached hydrogens (tertiary/aromatic N) is 3. The summed E-state index contributed by atoms with van der Waals surface area (Å²) in [4.78, 5) is 27.2. The van der Waals surface area contributed by atoms with Crippen molar-refractivity contribution in [3.8, 4) is 5.88 Å². The lowest BCUT2D eigenvalue weighted by molar-refractivity contribution is -0.110. The van der Waals surface area contributed by atoms with Crippen molar-refractivity contribution >= 4 is 27.3 Å². The van der Waals surface area contributed by atoms with Gasteiger partial charge in [0.15, 0.2) is 21.4 Å². The Morgan fingerprint density at radius 3 is 2.41 bits per heavy atom. The molecule has 1 N–H and O–H groups in total. The molecule has 1 amide bonds. The molecule has 34 heavy (non-hydrogen) atoms. The van der Waals surface area contributed by atoms with E-state index in [1.165, 1.54) is 24.5 Å². The predicted octanol–water partition coefficient (Wildman–Crippen LogP) is 2.74. The second-order valence-corrected chi connectivity index (χ2v) is 10.5. The SMILES string of the molecule is CCOc1cnc(NC(=O)C(=NO[C@@H]2CC[C@@H](OC)C2)c2ccc(S(=O)(=O)C3CC3)cc2)cn1. The number of amides is 1. The van der Waals surface area contributed by atoms with Gasteiger partial charge in [0.2, 0.25) is 5.88 Å². The second kappa shape index (κ2) is 10.5. The maximum Gasteiger partial charge on any atom is 0.279 e. The van der Waals surface area contributed by atoms with Crippen LogP contribution in [0.25, 0.3) is 0 Å². The number of benzene rings is 1.